The monoisotopic (exact) mass is 364 g/mol. The van der Waals surface area contributed by atoms with Crippen molar-refractivity contribution >= 4 is 11.6 Å². The van der Waals surface area contributed by atoms with Gasteiger partial charge in [0, 0.05) is 37.8 Å². The summed E-state index contributed by atoms with van der Waals surface area (Å²) in [6.45, 7) is 9.40. The summed E-state index contributed by atoms with van der Waals surface area (Å²) < 4.78 is 0. The molecule has 1 heterocycles. The van der Waals surface area contributed by atoms with E-state index in [1.54, 1.807) is 0 Å². The SMILES string of the molecule is CCCC(=O)N(c1ccc(C)cc1C)C1CCN(Cc2ccccc2)CC1. The maximum Gasteiger partial charge on any atom is 0.227 e. The molecule has 3 heteroatoms. The van der Waals surface area contributed by atoms with Crippen molar-refractivity contribution < 1.29 is 4.79 Å². The standard InChI is InChI=1S/C24H32N2O/c1-4-8-24(27)26(23-12-11-19(2)17-20(23)3)22-13-15-25(16-14-22)18-21-9-6-5-7-10-21/h5-7,9-12,17,22H,4,8,13-16,18H2,1-3H3. The van der Waals surface area contributed by atoms with Crippen LogP contribution in [0.5, 0.6) is 0 Å². The normalized spacial score (nSPS) is 15.7. The average molecular weight is 365 g/mol. The van der Waals surface area contributed by atoms with E-state index in [0.29, 0.717) is 12.5 Å². The van der Waals surface area contributed by atoms with Crippen LogP contribution in [0.4, 0.5) is 5.69 Å². The van der Waals surface area contributed by atoms with Crippen LogP contribution in [-0.4, -0.2) is 29.9 Å². The van der Waals surface area contributed by atoms with E-state index >= 15 is 0 Å². The molecule has 27 heavy (non-hydrogen) atoms. The van der Waals surface area contributed by atoms with Crippen LogP contribution < -0.4 is 4.90 Å². The van der Waals surface area contributed by atoms with Crippen LogP contribution in [0, 0.1) is 13.8 Å². The van der Waals surface area contributed by atoms with E-state index in [2.05, 4.69) is 79.1 Å². The lowest BCUT2D eigenvalue weighted by Crippen LogP contribution is -2.47. The quantitative estimate of drug-likeness (QED) is 0.712. The molecule has 2 aromatic rings. The lowest BCUT2D eigenvalue weighted by molar-refractivity contribution is -0.119. The lowest BCUT2D eigenvalue weighted by Gasteiger charge is -2.39. The van der Waals surface area contributed by atoms with E-state index in [0.717, 1.165) is 44.6 Å². The Balaban J connectivity index is 1.71. The molecule has 1 saturated heterocycles. The van der Waals surface area contributed by atoms with Crippen LogP contribution >= 0.6 is 0 Å². The fourth-order valence-corrected chi connectivity index (χ4v) is 4.12. The van der Waals surface area contributed by atoms with Gasteiger partial charge in [-0.1, -0.05) is 55.0 Å². The molecule has 0 aromatic heterocycles. The molecule has 0 spiro atoms. The number of piperidine rings is 1. The van der Waals surface area contributed by atoms with Gasteiger partial charge in [0.15, 0.2) is 0 Å². The Morgan fingerprint density at radius 2 is 1.78 bits per heavy atom. The van der Waals surface area contributed by atoms with Crippen molar-refractivity contribution in [3.8, 4) is 0 Å². The molecule has 0 atom stereocenters. The third kappa shape index (κ3) is 4.98. The van der Waals surface area contributed by atoms with E-state index in [1.807, 2.05) is 0 Å². The summed E-state index contributed by atoms with van der Waals surface area (Å²) in [4.78, 5) is 17.6. The predicted molar refractivity (Wildman–Crippen MR) is 113 cm³/mol. The number of rotatable bonds is 6. The molecule has 3 rings (SSSR count). The molecule has 1 fully saturated rings. The van der Waals surface area contributed by atoms with Gasteiger partial charge < -0.3 is 4.90 Å². The molecular weight excluding hydrogens is 332 g/mol. The van der Waals surface area contributed by atoms with Gasteiger partial charge in [0.25, 0.3) is 0 Å². The number of hydrogen-bond acceptors (Lipinski definition) is 2. The Kier molecular flexibility index (Phi) is 6.68. The van der Waals surface area contributed by atoms with Crippen LogP contribution in [0.25, 0.3) is 0 Å². The molecule has 2 aromatic carbocycles. The van der Waals surface area contributed by atoms with Crippen molar-refractivity contribution in [2.45, 2.75) is 59.0 Å². The molecule has 0 saturated carbocycles. The molecule has 0 aliphatic carbocycles. The van der Waals surface area contributed by atoms with Crippen molar-refractivity contribution in [3.05, 3.63) is 65.2 Å². The van der Waals surface area contributed by atoms with Gasteiger partial charge in [-0.15, -0.1) is 0 Å². The summed E-state index contributed by atoms with van der Waals surface area (Å²) in [5.74, 6) is 0.269. The van der Waals surface area contributed by atoms with Crippen molar-refractivity contribution in [3.63, 3.8) is 0 Å². The number of anilines is 1. The minimum Gasteiger partial charge on any atom is -0.309 e. The van der Waals surface area contributed by atoms with Crippen LogP contribution in [0.1, 0.15) is 49.3 Å². The topological polar surface area (TPSA) is 23.6 Å². The van der Waals surface area contributed by atoms with E-state index in [9.17, 15) is 4.79 Å². The smallest absolute Gasteiger partial charge is 0.227 e. The molecule has 0 N–H and O–H groups in total. The number of nitrogens with zero attached hydrogens (tertiary/aromatic N) is 2. The number of aryl methyl sites for hydroxylation is 2. The second-order valence-corrected chi connectivity index (χ2v) is 7.80. The van der Waals surface area contributed by atoms with E-state index < -0.39 is 0 Å². The highest BCUT2D eigenvalue weighted by molar-refractivity contribution is 5.94. The van der Waals surface area contributed by atoms with Crippen molar-refractivity contribution in [2.24, 2.45) is 0 Å². The molecule has 3 nitrogen and oxygen atoms in total. The van der Waals surface area contributed by atoms with Gasteiger partial charge in [0.2, 0.25) is 5.91 Å². The summed E-state index contributed by atoms with van der Waals surface area (Å²) in [6, 6.07) is 17.4. The van der Waals surface area contributed by atoms with Gasteiger partial charge in [0.1, 0.15) is 0 Å². The fraction of sp³-hybridized carbons (Fsp3) is 0.458. The number of carbonyl (C=O) groups excluding carboxylic acids is 1. The minimum atomic E-state index is 0.269. The number of likely N-dealkylation sites (tertiary alicyclic amines) is 1. The molecule has 1 amide bonds. The molecule has 0 unspecified atom stereocenters. The molecular formula is C24H32N2O. The molecule has 1 aliphatic rings. The van der Waals surface area contributed by atoms with Crippen LogP contribution in [0.3, 0.4) is 0 Å². The van der Waals surface area contributed by atoms with E-state index in [1.165, 1.54) is 16.7 Å². The first-order chi connectivity index (χ1) is 13.1. The third-order valence-corrected chi connectivity index (χ3v) is 5.52. The second kappa shape index (κ2) is 9.18. The Labute approximate surface area is 164 Å². The zero-order valence-corrected chi connectivity index (χ0v) is 16.9. The van der Waals surface area contributed by atoms with Gasteiger partial charge >= 0.3 is 0 Å². The number of hydrogen-bond donors (Lipinski definition) is 0. The van der Waals surface area contributed by atoms with E-state index in [4.69, 9.17) is 0 Å². The Morgan fingerprint density at radius 1 is 1.07 bits per heavy atom. The van der Waals surface area contributed by atoms with Crippen molar-refractivity contribution in [2.75, 3.05) is 18.0 Å². The Morgan fingerprint density at radius 3 is 2.41 bits per heavy atom. The van der Waals surface area contributed by atoms with Crippen molar-refractivity contribution in [1.29, 1.82) is 0 Å². The molecule has 144 valence electrons. The molecule has 0 radical (unpaired) electrons. The maximum absolute atomic E-state index is 13.0. The Hall–Kier alpha value is -2.13. The highest BCUT2D eigenvalue weighted by Gasteiger charge is 2.29. The van der Waals surface area contributed by atoms with Crippen LogP contribution in [-0.2, 0) is 11.3 Å². The highest BCUT2D eigenvalue weighted by atomic mass is 16.2. The summed E-state index contributed by atoms with van der Waals surface area (Å²) in [5.41, 5.74) is 4.91. The predicted octanol–water partition coefficient (Wildman–Crippen LogP) is 5.10. The number of carbonyl (C=O) groups is 1. The van der Waals surface area contributed by atoms with Gasteiger partial charge in [-0.25, -0.2) is 0 Å². The summed E-state index contributed by atoms with van der Waals surface area (Å²) >= 11 is 0. The van der Waals surface area contributed by atoms with Crippen LogP contribution in [0.2, 0.25) is 0 Å². The molecule has 0 bridgehead atoms. The van der Waals surface area contributed by atoms with E-state index in [-0.39, 0.29) is 5.91 Å². The number of benzene rings is 2. The summed E-state index contributed by atoms with van der Waals surface area (Å²) in [7, 11) is 0. The Bertz CT molecular complexity index is 748. The first-order valence-electron chi connectivity index (χ1n) is 10.2. The third-order valence-electron chi connectivity index (χ3n) is 5.52. The zero-order valence-electron chi connectivity index (χ0n) is 16.9. The maximum atomic E-state index is 13.0. The highest BCUT2D eigenvalue weighted by Crippen LogP contribution is 2.29. The second-order valence-electron chi connectivity index (χ2n) is 7.80. The van der Waals surface area contributed by atoms with Crippen molar-refractivity contribution in [1.82, 2.24) is 4.90 Å². The summed E-state index contributed by atoms with van der Waals surface area (Å²) in [6.07, 6.45) is 3.59. The first kappa shape index (κ1) is 19.6. The van der Waals surface area contributed by atoms with Gasteiger partial charge in [-0.05, 0) is 50.3 Å². The largest absolute Gasteiger partial charge is 0.309 e. The van der Waals surface area contributed by atoms with Gasteiger partial charge in [0.05, 0.1) is 0 Å². The summed E-state index contributed by atoms with van der Waals surface area (Å²) in [5, 5.41) is 0. The average Bonchev–Trinajstić information content (AvgIpc) is 2.66. The number of amides is 1. The molecule has 1 aliphatic heterocycles. The minimum absolute atomic E-state index is 0.269. The zero-order chi connectivity index (χ0) is 19.2. The van der Waals surface area contributed by atoms with Gasteiger partial charge in [-0.2, -0.15) is 0 Å². The van der Waals surface area contributed by atoms with Gasteiger partial charge in [-0.3, -0.25) is 9.69 Å². The first-order valence-corrected chi connectivity index (χ1v) is 10.2. The lowest BCUT2D eigenvalue weighted by atomic mass is 9.99. The van der Waals surface area contributed by atoms with Crippen LogP contribution in [0.15, 0.2) is 48.5 Å². The fourth-order valence-electron chi connectivity index (χ4n) is 4.12.